The van der Waals surface area contributed by atoms with Crippen LogP contribution in [0.4, 0.5) is 4.39 Å². The minimum absolute atomic E-state index is 0.205. The number of alkyl halides is 1. The fourth-order valence-corrected chi connectivity index (χ4v) is 2.02. The Bertz CT molecular complexity index is 207. The van der Waals surface area contributed by atoms with Crippen LogP contribution in [0.5, 0.6) is 0 Å². The van der Waals surface area contributed by atoms with E-state index in [1.807, 2.05) is 6.92 Å². The minimum atomic E-state index is -2.14. The van der Waals surface area contributed by atoms with Crippen LogP contribution in [0.15, 0.2) is 0 Å². The molecule has 1 fully saturated rings. The second-order valence-corrected chi connectivity index (χ2v) is 4.01. The number of carbonyl (C=O) groups is 1. The zero-order valence-electron chi connectivity index (χ0n) is 7.66. The summed E-state index contributed by atoms with van der Waals surface area (Å²) in [7, 11) is 0. The largest absolute Gasteiger partial charge is 0.479 e. The highest BCUT2D eigenvalue weighted by Gasteiger charge is 2.44. The molecule has 3 nitrogen and oxygen atoms in total. The third-order valence-corrected chi connectivity index (χ3v) is 2.70. The molecule has 0 heterocycles. The van der Waals surface area contributed by atoms with E-state index in [1.54, 1.807) is 0 Å². The summed E-state index contributed by atoms with van der Waals surface area (Å²) in [6.45, 7) is 1.90. The van der Waals surface area contributed by atoms with Gasteiger partial charge in [0, 0.05) is 0 Å². The van der Waals surface area contributed by atoms with Gasteiger partial charge in [-0.25, -0.2) is 9.18 Å². The van der Waals surface area contributed by atoms with Crippen molar-refractivity contribution >= 4 is 5.97 Å². The highest BCUT2D eigenvalue weighted by molar-refractivity contribution is 5.73. The molecule has 4 heteroatoms. The molecule has 1 rings (SSSR count). The summed E-state index contributed by atoms with van der Waals surface area (Å²) >= 11 is 0. The number of aliphatic carboxylic acids is 1. The van der Waals surface area contributed by atoms with Crippen LogP contribution in [-0.2, 0) is 4.79 Å². The second-order valence-electron chi connectivity index (χ2n) is 4.01. The predicted octanol–water partition coefficient (Wildman–Crippen LogP) is 1.35. The summed E-state index contributed by atoms with van der Waals surface area (Å²) in [5, 5.41) is 18.2. The highest BCUT2D eigenvalue weighted by atomic mass is 19.1. The molecule has 1 aliphatic rings. The van der Waals surface area contributed by atoms with E-state index in [4.69, 9.17) is 5.11 Å². The van der Waals surface area contributed by atoms with E-state index in [9.17, 15) is 14.3 Å². The fraction of sp³-hybridized carbons (Fsp3) is 0.889. The molecule has 0 aliphatic heterocycles. The van der Waals surface area contributed by atoms with Gasteiger partial charge >= 0.3 is 5.97 Å². The number of hydrogen-bond donors (Lipinski definition) is 2. The molecule has 0 aromatic carbocycles. The van der Waals surface area contributed by atoms with E-state index in [0.29, 0.717) is 6.42 Å². The van der Waals surface area contributed by atoms with E-state index >= 15 is 0 Å². The SMILES string of the molecule is CC1CCCC(O)(C(F)C(=O)O)C1. The van der Waals surface area contributed by atoms with Crippen LogP contribution < -0.4 is 0 Å². The van der Waals surface area contributed by atoms with E-state index in [-0.39, 0.29) is 18.8 Å². The first-order valence-corrected chi connectivity index (χ1v) is 4.55. The van der Waals surface area contributed by atoms with Crippen molar-refractivity contribution in [2.24, 2.45) is 5.92 Å². The van der Waals surface area contributed by atoms with Gasteiger partial charge in [-0.05, 0) is 18.8 Å². The molecule has 0 aromatic rings. The lowest BCUT2D eigenvalue weighted by atomic mass is 9.76. The van der Waals surface area contributed by atoms with Crippen molar-refractivity contribution in [1.29, 1.82) is 0 Å². The normalized spacial score (nSPS) is 37.0. The molecule has 0 saturated heterocycles. The van der Waals surface area contributed by atoms with Crippen LogP contribution in [0, 0.1) is 5.92 Å². The lowest BCUT2D eigenvalue weighted by molar-refractivity contribution is -0.158. The Morgan fingerprint density at radius 1 is 1.69 bits per heavy atom. The van der Waals surface area contributed by atoms with Crippen molar-refractivity contribution in [3.63, 3.8) is 0 Å². The van der Waals surface area contributed by atoms with Crippen LogP contribution in [0.25, 0.3) is 0 Å². The maximum atomic E-state index is 13.1. The summed E-state index contributed by atoms with van der Waals surface area (Å²) < 4.78 is 13.1. The second kappa shape index (κ2) is 3.62. The molecule has 0 spiro atoms. The third kappa shape index (κ3) is 2.18. The monoisotopic (exact) mass is 190 g/mol. The Labute approximate surface area is 76.6 Å². The number of aliphatic hydroxyl groups is 1. The molecule has 3 unspecified atom stereocenters. The summed E-state index contributed by atoms with van der Waals surface area (Å²) in [4.78, 5) is 10.4. The number of carboxylic acid groups (broad SMARTS) is 1. The van der Waals surface area contributed by atoms with Gasteiger partial charge in [-0.2, -0.15) is 0 Å². The van der Waals surface area contributed by atoms with Crippen LogP contribution in [-0.4, -0.2) is 28.0 Å². The lowest BCUT2D eigenvalue weighted by Gasteiger charge is -2.36. The molecule has 2 N–H and O–H groups in total. The zero-order valence-corrected chi connectivity index (χ0v) is 7.66. The lowest BCUT2D eigenvalue weighted by Crippen LogP contribution is -2.47. The quantitative estimate of drug-likeness (QED) is 0.691. The van der Waals surface area contributed by atoms with Crippen molar-refractivity contribution in [2.75, 3.05) is 0 Å². The van der Waals surface area contributed by atoms with Gasteiger partial charge in [-0.3, -0.25) is 0 Å². The van der Waals surface area contributed by atoms with Crippen molar-refractivity contribution in [3.8, 4) is 0 Å². The molecule has 13 heavy (non-hydrogen) atoms. The summed E-state index contributed by atoms with van der Waals surface area (Å²) in [5.74, 6) is -1.35. The number of carboxylic acids is 1. The Morgan fingerprint density at radius 2 is 2.31 bits per heavy atom. The van der Waals surface area contributed by atoms with Crippen LogP contribution in [0.2, 0.25) is 0 Å². The third-order valence-electron chi connectivity index (χ3n) is 2.70. The van der Waals surface area contributed by atoms with Crippen LogP contribution >= 0.6 is 0 Å². The van der Waals surface area contributed by atoms with Gasteiger partial charge in [0.2, 0.25) is 6.17 Å². The Balaban J connectivity index is 2.68. The van der Waals surface area contributed by atoms with E-state index < -0.39 is 17.7 Å². The van der Waals surface area contributed by atoms with Gasteiger partial charge in [-0.15, -0.1) is 0 Å². The van der Waals surface area contributed by atoms with Gasteiger partial charge < -0.3 is 10.2 Å². The average molecular weight is 190 g/mol. The molecule has 0 amide bonds. The Kier molecular flexibility index (Phi) is 2.91. The molecule has 76 valence electrons. The number of rotatable bonds is 2. The zero-order chi connectivity index (χ0) is 10.1. The maximum Gasteiger partial charge on any atom is 0.341 e. The number of hydrogen-bond acceptors (Lipinski definition) is 2. The van der Waals surface area contributed by atoms with Crippen molar-refractivity contribution in [2.45, 2.75) is 44.4 Å². The predicted molar refractivity (Wildman–Crippen MR) is 45.1 cm³/mol. The average Bonchev–Trinajstić information content (AvgIpc) is 2.02. The van der Waals surface area contributed by atoms with Crippen LogP contribution in [0.3, 0.4) is 0 Å². The molecular formula is C9H15FO3. The molecule has 0 radical (unpaired) electrons. The molecule has 1 saturated carbocycles. The molecule has 3 atom stereocenters. The van der Waals surface area contributed by atoms with Gasteiger partial charge in [0.15, 0.2) is 0 Å². The minimum Gasteiger partial charge on any atom is -0.479 e. The van der Waals surface area contributed by atoms with Crippen molar-refractivity contribution in [3.05, 3.63) is 0 Å². The smallest absolute Gasteiger partial charge is 0.341 e. The molecular weight excluding hydrogens is 175 g/mol. The van der Waals surface area contributed by atoms with E-state index in [2.05, 4.69) is 0 Å². The Hall–Kier alpha value is -0.640. The summed E-state index contributed by atoms with van der Waals surface area (Å²) in [5.41, 5.74) is -1.64. The standard InChI is InChI=1S/C9H15FO3/c1-6-3-2-4-9(13,5-6)7(10)8(11)12/h6-7,13H,2-5H2,1H3,(H,11,12). The van der Waals surface area contributed by atoms with Gasteiger partial charge in [-0.1, -0.05) is 19.8 Å². The van der Waals surface area contributed by atoms with Crippen LogP contribution in [0.1, 0.15) is 32.6 Å². The van der Waals surface area contributed by atoms with Crippen molar-refractivity contribution in [1.82, 2.24) is 0 Å². The molecule has 1 aliphatic carbocycles. The maximum absolute atomic E-state index is 13.1. The Morgan fingerprint density at radius 3 is 2.77 bits per heavy atom. The van der Waals surface area contributed by atoms with Crippen molar-refractivity contribution < 1.29 is 19.4 Å². The summed E-state index contributed by atoms with van der Waals surface area (Å²) in [6, 6.07) is 0. The fourth-order valence-electron chi connectivity index (χ4n) is 2.02. The van der Waals surface area contributed by atoms with Gasteiger partial charge in [0.1, 0.15) is 5.60 Å². The first-order valence-electron chi connectivity index (χ1n) is 4.55. The highest BCUT2D eigenvalue weighted by Crippen LogP contribution is 2.35. The molecule has 0 aromatic heterocycles. The first kappa shape index (κ1) is 10.4. The van der Waals surface area contributed by atoms with Gasteiger partial charge in [0.05, 0.1) is 0 Å². The van der Waals surface area contributed by atoms with E-state index in [0.717, 1.165) is 6.42 Å². The topological polar surface area (TPSA) is 57.5 Å². The van der Waals surface area contributed by atoms with Gasteiger partial charge in [0.25, 0.3) is 0 Å². The number of halogens is 1. The molecule has 0 bridgehead atoms. The first-order chi connectivity index (χ1) is 5.96. The van der Waals surface area contributed by atoms with E-state index in [1.165, 1.54) is 0 Å². The summed E-state index contributed by atoms with van der Waals surface area (Å²) in [6.07, 6.45) is 0.000849.